The lowest BCUT2D eigenvalue weighted by Gasteiger charge is -2.37. The zero-order chi connectivity index (χ0) is 20.1. The SMILES string of the molecule is COc1ccccc1N1CCN(c2cnnc(Nc3ccccc3C#N)n2)CC1. The van der Waals surface area contributed by atoms with E-state index in [2.05, 4.69) is 42.4 Å². The number of aromatic nitrogens is 3. The van der Waals surface area contributed by atoms with Gasteiger partial charge < -0.3 is 19.9 Å². The quantitative estimate of drug-likeness (QED) is 0.715. The van der Waals surface area contributed by atoms with Crippen molar-refractivity contribution in [1.29, 1.82) is 5.26 Å². The average Bonchev–Trinajstić information content (AvgIpc) is 2.80. The molecule has 2 aromatic carbocycles. The highest BCUT2D eigenvalue weighted by molar-refractivity contribution is 5.63. The van der Waals surface area contributed by atoms with Crippen molar-refractivity contribution in [2.24, 2.45) is 0 Å². The maximum Gasteiger partial charge on any atom is 0.249 e. The largest absolute Gasteiger partial charge is 0.495 e. The van der Waals surface area contributed by atoms with Gasteiger partial charge in [-0.2, -0.15) is 15.3 Å². The molecule has 146 valence electrons. The van der Waals surface area contributed by atoms with Gasteiger partial charge in [-0.25, -0.2) is 0 Å². The monoisotopic (exact) mass is 387 g/mol. The van der Waals surface area contributed by atoms with Crippen LogP contribution in [0.5, 0.6) is 5.75 Å². The van der Waals surface area contributed by atoms with Gasteiger partial charge in [0.25, 0.3) is 0 Å². The number of nitrogens with zero attached hydrogens (tertiary/aromatic N) is 6. The molecule has 1 aliphatic rings. The lowest BCUT2D eigenvalue weighted by Crippen LogP contribution is -2.47. The van der Waals surface area contributed by atoms with Crippen LogP contribution in [0.4, 0.5) is 23.1 Å². The van der Waals surface area contributed by atoms with Gasteiger partial charge in [0.05, 0.1) is 30.2 Å². The number of piperazine rings is 1. The first-order valence-corrected chi connectivity index (χ1v) is 9.37. The van der Waals surface area contributed by atoms with Crippen LogP contribution in [0, 0.1) is 11.3 Å². The third kappa shape index (κ3) is 4.04. The zero-order valence-corrected chi connectivity index (χ0v) is 16.1. The van der Waals surface area contributed by atoms with Crippen LogP contribution >= 0.6 is 0 Å². The Morgan fingerprint density at radius 2 is 1.72 bits per heavy atom. The molecule has 0 unspecified atom stereocenters. The molecule has 0 bridgehead atoms. The van der Waals surface area contributed by atoms with Crippen LogP contribution in [0.15, 0.2) is 54.7 Å². The van der Waals surface area contributed by atoms with Crippen molar-refractivity contribution in [1.82, 2.24) is 15.2 Å². The Bertz CT molecular complexity index is 1030. The number of methoxy groups -OCH3 is 1. The van der Waals surface area contributed by atoms with Gasteiger partial charge >= 0.3 is 0 Å². The Morgan fingerprint density at radius 1 is 1.00 bits per heavy atom. The average molecular weight is 387 g/mol. The number of ether oxygens (including phenoxy) is 1. The van der Waals surface area contributed by atoms with E-state index in [4.69, 9.17) is 4.74 Å². The second kappa shape index (κ2) is 8.44. The summed E-state index contributed by atoms with van der Waals surface area (Å²) in [5, 5.41) is 20.5. The number of para-hydroxylation sites is 3. The van der Waals surface area contributed by atoms with E-state index >= 15 is 0 Å². The van der Waals surface area contributed by atoms with Crippen LogP contribution in [-0.4, -0.2) is 48.5 Å². The van der Waals surface area contributed by atoms with Crippen LogP contribution in [0.1, 0.15) is 5.56 Å². The van der Waals surface area contributed by atoms with Crippen molar-refractivity contribution in [3.63, 3.8) is 0 Å². The van der Waals surface area contributed by atoms with Gasteiger partial charge in [0.15, 0.2) is 5.82 Å². The molecule has 0 amide bonds. The maximum absolute atomic E-state index is 9.24. The summed E-state index contributed by atoms with van der Waals surface area (Å²) in [6.07, 6.45) is 1.67. The Morgan fingerprint density at radius 3 is 2.52 bits per heavy atom. The van der Waals surface area contributed by atoms with Gasteiger partial charge in [0.1, 0.15) is 11.8 Å². The molecular formula is C21H21N7O. The number of nitrogens with one attached hydrogen (secondary N) is 1. The van der Waals surface area contributed by atoms with E-state index in [1.807, 2.05) is 36.4 Å². The van der Waals surface area contributed by atoms with Gasteiger partial charge in [0.2, 0.25) is 5.95 Å². The van der Waals surface area contributed by atoms with Crippen LogP contribution in [-0.2, 0) is 0 Å². The van der Waals surface area contributed by atoms with Crippen LogP contribution in [0.25, 0.3) is 0 Å². The summed E-state index contributed by atoms with van der Waals surface area (Å²) < 4.78 is 5.48. The third-order valence-electron chi connectivity index (χ3n) is 4.87. The van der Waals surface area contributed by atoms with Gasteiger partial charge in [-0.05, 0) is 24.3 Å². The number of rotatable bonds is 5. The summed E-state index contributed by atoms with van der Waals surface area (Å²) in [5.74, 6) is 2.02. The summed E-state index contributed by atoms with van der Waals surface area (Å²) in [6, 6.07) is 17.5. The van der Waals surface area contributed by atoms with E-state index in [1.165, 1.54) is 0 Å². The van der Waals surface area contributed by atoms with Crippen molar-refractivity contribution in [3.8, 4) is 11.8 Å². The number of benzene rings is 2. The van der Waals surface area contributed by atoms with Gasteiger partial charge in [-0.3, -0.25) is 0 Å². The topological polar surface area (TPSA) is 90.2 Å². The molecule has 0 saturated carbocycles. The van der Waals surface area contributed by atoms with Gasteiger partial charge in [-0.1, -0.05) is 24.3 Å². The summed E-state index contributed by atoms with van der Waals surface area (Å²) >= 11 is 0. The van der Waals surface area contributed by atoms with E-state index in [0.29, 0.717) is 17.2 Å². The van der Waals surface area contributed by atoms with E-state index in [0.717, 1.165) is 43.4 Å². The molecule has 0 radical (unpaired) electrons. The van der Waals surface area contributed by atoms with Crippen LogP contribution in [0.2, 0.25) is 0 Å². The Kier molecular flexibility index (Phi) is 5.38. The first-order chi connectivity index (χ1) is 14.3. The number of hydrogen-bond donors (Lipinski definition) is 1. The Balaban J connectivity index is 1.45. The van der Waals surface area contributed by atoms with Crippen molar-refractivity contribution in [2.45, 2.75) is 0 Å². The summed E-state index contributed by atoms with van der Waals surface area (Å²) in [4.78, 5) is 9.08. The van der Waals surface area contributed by atoms with Crippen molar-refractivity contribution < 1.29 is 4.74 Å². The maximum atomic E-state index is 9.24. The minimum atomic E-state index is 0.373. The van der Waals surface area contributed by atoms with Crippen molar-refractivity contribution in [2.75, 3.05) is 48.4 Å². The van der Waals surface area contributed by atoms with E-state index < -0.39 is 0 Å². The van der Waals surface area contributed by atoms with Crippen LogP contribution < -0.4 is 19.9 Å². The summed E-state index contributed by atoms with van der Waals surface area (Å²) in [5.41, 5.74) is 2.30. The summed E-state index contributed by atoms with van der Waals surface area (Å²) in [6.45, 7) is 3.32. The standard InChI is InChI=1S/C21H21N7O/c1-29-19-9-5-4-8-18(19)27-10-12-28(13-11-27)20-15-23-26-21(25-20)24-17-7-3-2-6-16(17)14-22/h2-9,15H,10-13H2,1H3,(H,24,25,26). The fraction of sp³-hybridized carbons (Fsp3) is 0.238. The van der Waals surface area contributed by atoms with Crippen molar-refractivity contribution >= 4 is 23.1 Å². The summed E-state index contributed by atoms with van der Waals surface area (Å²) in [7, 11) is 1.70. The number of nitriles is 1. The molecule has 1 aromatic heterocycles. The molecule has 8 nitrogen and oxygen atoms in total. The highest BCUT2D eigenvalue weighted by Crippen LogP contribution is 2.29. The fourth-order valence-corrected chi connectivity index (χ4v) is 3.38. The first kappa shape index (κ1) is 18.5. The number of hydrogen-bond acceptors (Lipinski definition) is 8. The molecule has 3 aromatic rings. The molecule has 1 saturated heterocycles. The molecule has 29 heavy (non-hydrogen) atoms. The zero-order valence-electron chi connectivity index (χ0n) is 16.1. The lowest BCUT2D eigenvalue weighted by molar-refractivity contribution is 0.413. The normalized spacial score (nSPS) is 13.7. The molecule has 0 spiro atoms. The molecule has 0 aliphatic carbocycles. The molecule has 1 aliphatic heterocycles. The predicted molar refractivity (Wildman–Crippen MR) is 112 cm³/mol. The minimum Gasteiger partial charge on any atom is -0.495 e. The van der Waals surface area contributed by atoms with Crippen molar-refractivity contribution in [3.05, 3.63) is 60.3 Å². The minimum absolute atomic E-state index is 0.373. The predicted octanol–water partition coefficient (Wildman–Crippen LogP) is 2.82. The molecule has 2 heterocycles. The first-order valence-electron chi connectivity index (χ1n) is 9.37. The van der Waals surface area contributed by atoms with E-state index in [9.17, 15) is 5.26 Å². The number of anilines is 4. The lowest BCUT2D eigenvalue weighted by atomic mass is 10.2. The molecule has 0 atom stereocenters. The van der Waals surface area contributed by atoms with Crippen LogP contribution in [0.3, 0.4) is 0 Å². The second-order valence-corrected chi connectivity index (χ2v) is 6.57. The van der Waals surface area contributed by atoms with Gasteiger partial charge in [-0.15, -0.1) is 5.10 Å². The van der Waals surface area contributed by atoms with Gasteiger partial charge in [0, 0.05) is 26.2 Å². The fourth-order valence-electron chi connectivity index (χ4n) is 3.38. The third-order valence-corrected chi connectivity index (χ3v) is 4.87. The highest BCUT2D eigenvalue weighted by Gasteiger charge is 2.21. The molecule has 1 N–H and O–H groups in total. The molecule has 1 fully saturated rings. The molecule has 8 heteroatoms. The second-order valence-electron chi connectivity index (χ2n) is 6.57. The Labute approximate surface area is 169 Å². The Hall–Kier alpha value is -3.86. The highest BCUT2D eigenvalue weighted by atomic mass is 16.5. The molecular weight excluding hydrogens is 366 g/mol. The van der Waals surface area contributed by atoms with E-state index in [-0.39, 0.29) is 0 Å². The molecule has 4 rings (SSSR count). The smallest absolute Gasteiger partial charge is 0.249 e. The van der Waals surface area contributed by atoms with E-state index in [1.54, 1.807) is 19.4 Å².